The number of amides is 1. The van der Waals surface area contributed by atoms with Crippen molar-refractivity contribution in [3.05, 3.63) is 66.5 Å². The number of rotatable bonds is 9. The number of benzene rings is 2. The Morgan fingerprint density at radius 3 is 2.52 bits per heavy atom. The average Bonchev–Trinajstić information content (AvgIpc) is 3.25. The predicted molar refractivity (Wildman–Crippen MR) is 112 cm³/mol. The van der Waals surface area contributed by atoms with E-state index in [1.807, 2.05) is 0 Å². The molecule has 8 nitrogen and oxygen atoms in total. The number of hydrogen-bond acceptors (Lipinski definition) is 6. The Morgan fingerprint density at radius 1 is 1.14 bits per heavy atom. The summed E-state index contributed by atoms with van der Waals surface area (Å²) >= 11 is 1.47. The van der Waals surface area contributed by atoms with E-state index in [2.05, 4.69) is 20.5 Å². The van der Waals surface area contributed by atoms with E-state index < -0.39 is 10.0 Å². The molecule has 0 bridgehead atoms. The highest BCUT2D eigenvalue weighted by Gasteiger charge is 2.20. The maximum absolute atomic E-state index is 12.7. The quantitative estimate of drug-likeness (QED) is 0.397. The summed E-state index contributed by atoms with van der Waals surface area (Å²) in [5, 5.41) is 10.1. The molecule has 0 fully saturated rings. The molecule has 0 aliphatic heterocycles. The number of thioether (sulfide) groups is 1. The maximum atomic E-state index is 12.7. The number of nitrogens with zero attached hydrogens (tertiary/aromatic N) is 3. The molecular weight excluding hydrogens is 410 g/mol. The molecule has 0 atom stereocenters. The number of sulfonamides is 1. The smallest absolute Gasteiger partial charge is 0.264 e. The van der Waals surface area contributed by atoms with Gasteiger partial charge in [-0.25, -0.2) is 13.4 Å². The third kappa shape index (κ3) is 5.58. The summed E-state index contributed by atoms with van der Waals surface area (Å²) in [5.41, 5.74) is 1.33. The minimum atomic E-state index is -3.62. The minimum absolute atomic E-state index is 0.0961. The third-order valence-corrected chi connectivity index (χ3v) is 6.80. The molecule has 0 aliphatic carbocycles. The summed E-state index contributed by atoms with van der Waals surface area (Å²) in [6, 6.07) is 15.2. The number of carbonyl (C=O) groups is 1. The van der Waals surface area contributed by atoms with Crippen molar-refractivity contribution in [1.29, 1.82) is 0 Å². The van der Waals surface area contributed by atoms with Crippen molar-refractivity contribution >= 4 is 33.4 Å². The van der Waals surface area contributed by atoms with Crippen LogP contribution in [0.2, 0.25) is 0 Å². The zero-order chi connectivity index (χ0) is 20.7. The summed E-state index contributed by atoms with van der Waals surface area (Å²) < 4.78 is 26.6. The highest BCUT2D eigenvalue weighted by molar-refractivity contribution is 7.99. The van der Waals surface area contributed by atoms with Gasteiger partial charge < -0.3 is 5.32 Å². The van der Waals surface area contributed by atoms with Crippen LogP contribution in [0.3, 0.4) is 0 Å². The standard InChI is InChI=1S/C19H21N5O3S2/c1-24(29(26,27)17-5-3-2-4-6-17)16-9-7-15(8-10-16)13-18(25)20-11-12-28-19-21-14-22-23-19/h2-10,14H,11-13H2,1H3,(H,20,25)(H,21,22,23). The molecule has 0 radical (unpaired) electrons. The van der Waals surface area contributed by atoms with Crippen molar-refractivity contribution in [3.63, 3.8) is 0 Å². The van der Waals surface area contributed by atoms with Gasteiger partial charge in [0, 0.05) is 19.3 Å². The number of nitrogens with one attached hydrogen (secondary N) is 2. The first-order chi connectivity index (χ1) is 14.0. The number of aromatic nitrogens is 3. The lowest BCUT2D eigenvalue weighted by Crippen LogP contribution is -2.27. The highest BCUT2D eigenvalue weighted by atomic mass is 32.2. The van der Waals surface area contributed by atoms with E-state index in [0.717, 1.165) is 5.56 Å². The Labute approximate surface area is 173 Å². The molecule has 0 saturated carbocycles. The number of H-pyrrole nitrogens is 1. The maximum Gasteiger partial charge on any atom is 0.264 e. The van der Waals surface area contributed by atoms with Crippen LogP contribution in [-0.2, 0) is 21.2 Å². The second-order valence-corrected chi connectivity index (χ2v) is 9.17. The van der Waals surface area contributed by atoms with Gasteiger partial charge in [-0.15, -0.1) is 0 Å². The van der Waals surface area contributed by atoms with E-state index in [9.17, 15) is 13.2 Å². The second-order valence-electron chi connectivity index (χ2n) is 6.12. The number of hydrogen-bond donors (Lipinski definition) is 2. The SMILES string of the molecule is CN(c1ccc(CC(=O)NCCSc2ncn[nH]2)cc1)S(=O)(=O)c1ccccc1. The first-order valence-electron chi connectivity index (χ1n) is 8.84. The largest absolute Gasteiger partial charge is 0.355 e. The molecule has 0 spiro atoms. The molecular formula is C19H21N5O3S2. The van der Waals surface area contributed by atoms with Crippen LogP contribution in [0.4, 0.5) is 5.69 Å². The Morgan fingerprint density at radius 2 is 1.86 bits per heavy atom. The van der Waals surface area contributed by atoms with Crippen LogP contribution >= 0.6 is 11.8 Å². The van der Waals surface area contributed by atoms with Crippen LogP contribution in [-0.4, -0.2) is 48.9 Å². The molecule has 3 rings (SSSR count). The molecule has 0 unspecified atom stereocenters. The van der Waals surface area contributed by atoms with Gasteiger partial charge in [0.2, 0.25) is 5.91 Å². The van der Waals surface area contributed by atoms with Crippen molar-refractivity contribution in [1.82, 2.24) is 20.5 Å². The molecule has 0 saturated heterocycles. The first kappa shape index (κ1) is 20.9. The second kappa shape index (κ2) is 9.57. The predicted octanol–water partition coefficient (Wildman–Crippen LogP) is 2.08. The van der Waals surface area contributed by atoms with Gasteiger partial charge in [0.25, 0.3) is 10.0 Å². The molecule has 29 heavy (non-hydrogen) atoms. The third-order valence-electron chi connectivity index (χ3n) is 4.12. The van der Waals surface area contributed by atoms with E-state index in [1.165, 1.54) is 29.4 Å². The van der Waals surface area contributed by atoms with E-state index in [1.54, 1.807) is 54.6 Å². The topological polar surface area (TPSA) is 108 Å². The average molecular weight is 432 g/mol. The lowest BCUT2D eigenvalue weighted by Gasteiger charge is -2.19. The Balaban J connectivity index is 1.52. The van der Waals surface area contributed by atoms with Gasteiger partial charge >= 0.3 is 0 Å². The highest BCUT2D eigenvalue weighted by Crippen LogP contribution is 2.22. The summed E-state index contributed by atoms with van der Waals surface area (Å²) in [7, 11) is -2.11. The van der Waals surface area contributed by atoms with Gasteiger partial charge in [-0.3, -0.25) is 14.2 Å². The molecule has 1 amide bonds. The van der Waals surface area contributed by atoms with Crippen LogP contribution < -0.4 is 9.62 Å². The van der Waals surface area contributed by atoms with E-state index in [4.69, 9.17) is 0 Å². The zero-order valence-corrected chi connectivity index (χ0v) is 17.4. The van der Waals surface area contributed by atoms with Gasteiger partial charge in [-0.2, -0.15) is 5.10 Å². The van der Waals surface area contributed by atoms with Crippen molar-refractivity contribution in [2.75, 3.05) is 23.7 Å². The van der Waals surface area contributed by atoms with Gasteiger partial charge in [0.1, 0.15) is 6.33 Å². The molecule has 2 N–H and O–H groups in total. The molecule has 10 heteroatoms. The van der Waals surface area contributed by atoms with Gasteiger partial charge in [-0.05, 0) is 29.8 Å². The minimum Gasteiger partial charge on any atom is -0.355 e. The molecule has 2 aromatic carbocycles. The Hall–Kier alpha value is -2.85. The number of aromatic amines is 1. The fourth-order valence-electron chi connectivity index (χ4n) is 2.56. The van der Waals surface area contributed by atoms with Crippen LogP contribution in [0.5, 0.6) is 0 Å². The summed E-state index contributed by atoms with van der Waals surface area (Å²) in [4.78, 5) is 16.3. The van der Waals surface area contributed by atoms with Crippen LogP contribution in [0, 0.1) is 0 Å². The van der Waals surface area contributed by atoms with Crippen molar-refractivity contribution in [2.24, 2.45) is 0 Å². The van der Waals surface area contributed by atoms with Gasteiger partial charge in [0.15, 0.2) is 5.16 Å². The van der Waals surface area contributed by atoms with Crippen molar-refractivity contribution in [2.45, 2.75) is 16.5 Å². The van der Waals surface area contributed by atoms with Crippen molar-refractivity contribution < 1.29 is 13.2 Å². The number of carbonyl (C=O) groups excluding carboxylic acids is 1. The van der Waals surface area contributed by atoms with Gasteiger partial charge in [-0.1, -0.05) is 42.1 Å². The number of anilines is 1. The van der Waals surface area contributed by atoms with Crippen molar-refractivity contribution in [3.8, 4) is 0 Å². The zero-order valence-electron chi connectivity index (χ0n) is 15.8. The molecule has 152 valence electrons. The lowest BCUT2D eigenvalue weighted by molar-refractivity contribution is -0.120. The van der Waals surface area contributed by atoms with Crippen LogP contribution in [0.15, 0.2) is 71.0 Å². The van der Waals surface area contributed by atoms with E-state index in [-0.39, 0.29) is 17.2 Å². The fourth-order valence-corrected chi connectivity index (χ4v) is 4.42. The van der Waals surface area contributed by atoms with Crippen LogP contribution in [0.25, 0.3) is 0 Å². The summed E-state index contributed by atoms with van der Waals surface area (Å²) in [6.45, 7) is 0.514. The molecule has 1 aromatic heterocycles. The molecule has 1 heterocycles. The van der Waals surface area contributed by atoms with Crippen LogP contribution in [0.1, 0.15) is 5.56 Å². The first-order valence-corrected chi connectivity index (χ1v) is 11.3. The summed E-state index contributed by atoms with van der Waals surface area (Å²) in [6.07, 6.45) is 1.66. The van der Waals surface area contributed by atoms with Gasteiger partial charge in [0.05, 0.1) is 17.0 Å². The normalized spacial score (nSPS) is 11.2. The Kier molecular flexibility index (Phi) is 6.89. The Bertz CT molecular complexity index is 1020. The van der Waals surface area contributed by atoms with E-state index in [0.29, 0.717) is 23.1 Å². The summed E-state index contributed by atoms with van der Waals surface area (Å²) in [5.74, 6) is 0.586. The van der Waals surface area contributed by atoms with E-state index >= 15 is 0 Å². The molecule has 0 aliphatic rings. The molecule has 3 aromatic rings. The fraction of sp³-hybridized carbons (Fsp3) is 0.211. The lowest BCUT2D eigenvalue weighted by atomic mass is 10.1. The monoisotopic (exact) mass is 431 g/mol.